The first kappa shape index (κ1) is 55.3. The summed E-state index contributed by atoms with van der Waals surface area (Å²) >= 11 is 0. The fourth-order valence-electron chi connectivity index (χ4n) is 7.07. The Morgan fingerprint density at radius 1 is 0.358 bits per heavy atom. The van der Waals surface area contributed by atoms with E-state index in [0.717, 1.165) is 76.2 Å². The van der Waals surface area contributed by atoms with Crippen LogP contribution in [-0.2, 0) is 129 Å². The third kappa shape index (κ3) is 16.4. The molecular weight excluding hydrogens is 912 g/mol. The first-order valence-electron chi connectivity index (χ1n) is 20.3. The van der Waals surface area contributed by atoms with Gasteiger partial charge in [0.15, 0.2) is 55.1 Å². The number of carbonyl (C=O) groups is 11. The van der Waals surface area contributed by atoms with Crippen LogP contribution in [0.5, 0.6) is 0 Å². The molecule has 0 saturated carbocycles. The van der Waals surface area contributed by atoms with Gasteiger partial charge in [-0.1, -0.05) is 0 Å². The predicted octanol–water partition coefficient (Wildman–Crippen LogP) is -1.29. The zero-order chi connectivity index (χ0) is 50.5. The predicted molar refractivity (Wildman–Crippen MR) is 206 cm³/mol. The minimum absolute atomic E-state index is 0.650. The lowest BCUT2D eigenvalue weighted by Crippen LogP contribution is -2.66. The van der Waals surface area contributed by atoms with Crippen LogP contribution in [-0.4, -0.2) is 178 Å². The van der Waals surface area contributed by atoms with Crippen LogP contribution in [0.3, 0.4) is 0 Å². The van der Waals surface area contributed by atoms with Gasteiger partial charge in [0.25, 0.3) is 0 Å². The number of rotatable bonds is 19. The summed E-state index contributed by atoms with van der Waals surface area (Å²) in [6.45, 7) is 7.51. The van der Waals surface area contributed by atoms with Gasteiger partial charge in [-0.15, -0.1) is 0 Å². The second kappa shape index (κ2) is 24.7. The Balaban J connectivity index is 2.28. The molecule has 3 heterocycles. The lowest BCUT2D eigenvalue weighted by molar-refractivity contribution is -0.388. The van der Waals surface area contributed by atoms with Gasteiger partial charge >= 0.3 is 65.7 Å². The van der Waals surface area contributed by atoms with Crippen LogP contribution in [0, 0.1) is 0 Å². The molecule has 0 N–H and O–H groups in total. The SMILES string of the molecule is CC(=O)OC[C@@H]1OC(OC[C@@H]2OC(O[C@@]3(COC(C)=O)O[C@@H](COC(C)=O)[C@H](OC(C)=O)[C@H]3OC(C)=O)[C@@H](OC(C)=O)[C@H](OC(C)=O)[C@H]2OC(C)=O)[C@@H](OC(C)=O)[C@H](OC(C)=O)[C@@H]1OC(C)=O. The summed E-state index contributed by atoms with van der Waals surface area (Å²) in [6, 6.07) is 0. The van der Waals surface area contributed by atoms with E-state index in [2.05, 4.69) is 0 Å². The number of hydrogen-bond donors (Lipinski definition) is 0. The highest BCUT2D eigenvalue weighted by Gasteiger charge is 2.65. The van der Waals surface area contributed by atoms with Gasteiger partial charge in [-0.25, -0.2) is 0 Å². The van der Waals surface area contributed by atoms with E-state index in [0.29, 0.717) is 0 Å². The van der Waals surface area contributed by atoms with E-state index in [1.165, 1.54) is 0 Å². The molecule has 27 nitrogen and oxygen atoms in total. The Bertz CT molecular complexity index is 1860. The standard InChI is InChI=1S/C40H54O27/c1-16(41)52-12-27-30(56-19(4)44)33(59-22(7)47)35(61-24(9)49)38(64-27)54-13-28-31(57-20(5)45)34(60-23(8)48)36(62-25(10)50)39(65-28)67-40(15-55-18(3)43)37(63-26(11)51)32(58-21(6)46)29(66-40)14-53-17(2)42/h27-39H,12-15H2,1-11H3/t27-,28-,29-,30+,31-,32-,33+,34+,35-,36-,37+,38?,39?,40+/m0/s1. The van der Waals surface area contributed by atoms with Crippen molar-refractivity contribution in [2.24, 2.45) is 0 Å². The fraction of sp³-hybridized carbons (Fsp3) is 0.725. The molecule has 0 aromatic rings. The fourth-order valence-corrected chi connectivity index (χ4v) is 7.07. The molecule has 0 aromatic heterocycles. The van der Waals surface area contributed by atoms with Crippen LogP contribution in [0.25, 0.3) is 0 Å². The third-order valence-corrected chi connectivity index (χ3v) is 9.16. The van der Waals surface area contributed by atoms with E-state index < -0.39 is 178 Å². The van der Waals surface area contributed by atoms with Gasteiger partial charge in [0.1, 0.15) is 38.1 Å². The molecule has 0 aliphatic carbocycles. The largest absolute Gasteiger partial charge is 0.463 e. The zero-order valence-electron chi connectivity index (χ0n) is 38.4. The van der Waals surface area contributed by atoms with Crippen LogP contribution in [0.4, 0.5) is 0 Å². The molecule has 0 aromatic carbocycles. The van der Waals surface area contributed by atoms with E-state index >= 15 is 0 Å². The summed E-state index contributed by atoms with van der Waals surface area (Å²) in [5.74, 6) is -13.3. The smallest absolute Gasteiger partial charge is 0.303 e. The van der Waals surface area contributed by atoms with E-state index in [9.17, 15) is 52.7 Å². The van der Waals surface area contributed by atoms with Crippen molar-refractivity contribution >= 4 is 65.7 Å². The zero-order valence-corrected chi connectivity index (χ0v) is 38.4. The maximum absolute atomic E-state index is 12.8. The first-order valence-corrected chi connectivity index (χ1v) is 20.3. The van der Waals surface area contributed by atoms with E-state index in [4.69, 9.17) is 75.8 Å². The van der Waals surface area contributed by atoms with Gasteiger partial charge in [0, 0.05) is 76.2 Å². The monoisotopic (exact) mass is 966 g/mol. The van der Waals surface area contributed by atoms with Crippen molar-refractivity contribution < 1.29 is 129 Å². The van der Waals surface area contributed by atoms with Crippen LogP contribution < -0.4 is 0 Å². The third-order valence-electron chi connectivity index (χ3n) is 9.16. The van der Waals surface area contributed by atoms with Crippen molar-refractivity contribution in [3.63, 3.8) is 0 Å². The van der Waals surface area contributed by atoms with Gasteiger partial charge in [-0.05, 0) is 0 Å². The normalized spacial score (nSPS) is 31.1. The van der Waals surface area contributed by atoms with Crippen LogP contribution >= 0.6 is 0 Å². The average molecular weight is 967 g/mol. The molecule has 376 valence electrons. The Morgan fingerprint density at radius 3 is 1.12 bits per heavy atom. The summed E-state index contributed by atoms with van der Waals surface area (Å²) in [4.78, 5) is 137. The maximum atomic E-state index is 12.8. The summed E-state index contributed by atoms with van der Waals surface area (Å²) in [5.41, 5.74) is 0. The van der Waals surface area contributed by atoms with Crippen molar-refractivity contribution in [2.45, 2.75) is 162 Å². The van der Waals surface area contributed by atoms with Crippen molar-refractivity contribution in [1.82, 2.24) is 0 Å². The molecule has 3 fully saturated rings. The van der Waals surface area contributed by atoms with Gasteiger partial charge in [-0.2, -0.15) is 0 Å². The molecule has 0 spiro atoms. The van der Waals surface area contributed by atoms with Gasteiger partial charge in [0.2, 0.25) is 12.1 Å². The van der Waals surface area contributed by atoms with Crippen LogP contribution in [0.2, 0.25) is 0 Å². The molecule has 3 aliphatic heterocycles. The summed E-state index contributed by atoms with van der Waals surface area (Å²) in [5, 5.41) is 0. The van der Waals surface area contributed by atoms with Gasteiger partial charge in [-0.3, -0.25) is 52.7 Å². The Labute approximate surface area is 382 Å². The van der Waals surface area contributed by atoms with Crippen LogP contribution in [0.1, 0.15) is 76.2 Å². The molecule has 27 heteroatoms. The van der Waals surface area contributed by atoms with Crippen molar-refractivity contribution in [1.29, 1.82) is 0 Å². The van der Waals surface area contributed by atoms with Crippen molar-refractivity contribution in [3.05, 3.63) is 0 Å². The van der Waals surface area contributed by atoms with E-state index in [1.807, 2.05) is 0 Å². The average Bonchev–Trinajstić information content (AvgIpc) is 3.44. The molecule has 0 bridgehead atoms. The van der Waals surface area contributed by atoms with E-state index in [1.54, 1.807) is 0 Å². The lowest BCUT2D eigenvalue weighted by atomic mass is 9.97. The summed E-state index contributed by atoms with van der Waals surface area (Å²) in [7, 11) is 0. The Morgan fingerprint density at radius 2 is 0.701 bits per heavy atom. The number of carbonyl (C=O) groups excluding carboxylic acids is 11. The van der Waals surface area contributed by atoms with Crippen molar-refractivity contribution in [3.8, 4) is 0 Å². The molecule has 14 atom stereocenters. The quantitative estimate of drug-likeness (QED) is 0.107. The highest BCUT2D eigenvalue weighted by atomic mass is 16.8. The second-order valence-electron chi connectivity index (χ2n) is 14.9. The van der Waals surface area contributed by atoms with Gasteiger partial charge < -0.3 is 75.8 Å². The highest BCUT2D eigenvalue weighted by Crippen LogP contribution is 2.42. The summed E-state index contributed by atoms with van der Waals surface area (Å²) in [6.07, 6.45) is -23.3. The van der Waals surface area contributed by atoms with Gasteiger partial charge in [0.05, 0.1) is 6.61 Å². The number of hydrogen-bond acceptors (Lipinski definition) is 27. The number of esters is 11. The highest BCUT2D eigenvalue weighted by molar-refractivity contribution is 5.71. The van der Waals surface area contributed by atoms with Crippen LogP contribution in [0.15, 0.2) is 0 Å². The molecule has 3 aliphatic rings. The topological polar surface area (TPSA) is 335 Å². The summed E-state index contributed by atoms with van der Waals surface area (Å²) < 4.78 is 90.3. The molecule has 0 radical (unpaired) electrons. The Hall–Kier alpha value is -6.03. The minimum atomic E-state index is -2.66. The minimum Gasteiger partial charge on any atom is -0.463 e. The molecule has 3 saturated heterocycles. The number of ether oxygens (including phenoxy) is 16. The molecule has 3 rings (SSSR count). The van der Waals surface area contributed by atoms with E-state index in [-0.39, 0.29) is 0 Å². The molecular formula is C40H54O27. The van der Waals surface area contributed by atoms with Crippen molar-refractivity contribution in [2.75, 3.05) is 26.4 Å². The Kier molecular flexibility index (Phi) is 20.3. The molecule has 2 unspecified atom stereocenters. The second-order valence-corrected chi connectivity index (χ2v) is 14.9. The maximum Gasteiger partial charge on any atom is 0.303 e. The molecule has 67 heavy (non-hydrogen) atoms. The lowest BCUT2D eigenvalue weighted by Gasteiger charge is -2.47. The first-order chi connectivity index (χ1) is 31.2. The molecule has 0 amide bonds.